The molecule has 3 aromatic rings. The van der Waals surface area contributed by atoms with Gasteiger partial charge < -0.3 is 9.47 Å². The molecule has 1 aliphatic rings. The summed E-state index contributed by atoms with van der Waals surface area (Å²) in [5, 5.41) is 13.6. The second-order valence-electron chi connectivity index (χ2n) is 8.10. The number of nitro groups is 1. The highest BCUT2D eigenvalue weighted by atomic mass is 79.9. The molecule has 4 rings (SSSR count). The lowest BCUT2D eigenvalue weighted by Gasteiger charge is -2.26. The average molecular weight is 620 g/mol. The summed E-state index contributed by atoms with van der Waals surface area (Å²) in [6, 6.07) is 11.6. The van der Waals surface area contributed by atoms with E-state index in [1.165, 1.54) is 30.3 Å². The number of imide groups is 2. The molecule has 1 fully saturated rings. The fourth-order valence-electron chi connectivity index (χ4n) is 3.70. The fourth-order valence-corrected chi connectivity index (χ4v) is 4.24. The first-order valence-corrected chi connectivity index (χ1v) is 12.2. The number of nitrogens with one attached hydrogen (secondary N) is 1. The second-order valence-corrected chi connectivity index (χ2v) is 8.95. The Kier molecular flexibility index (Phi) is 7.91. The van der Waals surface area contributed by atoms with Crippen molar-refractivity contribution in [3.63, 3.8) is 0 Å². The molecule has 0 radical (unpaired) electrons. The molecular formula is C26H17BrF3N3O7. The van der Waals surface area contributed by atoms with Crippen LogP contribution in [0.5, 0.6) is 17.2 Å². The zero-order valence-electron chi connectivity index (χ0n) is 20.3. The van der Waals surface area contributed by atoms with Gasteiger partial charge in [-0.2, -0.15) is 13.2 Å². The first-order valence-electron chi connectivity index (χ1n) is 11.4. The van der Waals surface area contributed by atoms with Crippen LogP contribution in [0.2, 0.25) is 0 Å². The van der Waals surface area contributed by atoms with Gasteiger partial charge in [0.15, 0.2) is 11.5 Å². The van der Waals surface area contributed by atoms with Gasteiger partial charge in [0.25, 0.3) is 11.8 Å². The van der Waals surface area contributed by atoms with Gasteiger partial charge >= 0.3 is 17.9 Å². The largest absolute Gasteiger partial charge is 0.490 e. The smallest absolute Gasteiger partial charge is 0.416 e. The zero-order chi connectivity index (χ0) is 29.2. The molecule has 3 aromatic carbocycles. The van der Waals surface area contributed by atoms with E-state index in [2.05, 4.69) is 21.2 Å². The number of anilines is 1. The number of nitrogens with zero attached hydrogens (tertiary/aromatic N) is 2. The first-order chi connectivity index (χ1) is 18.9. The van der Waals surface area contributed by atoms with Gasteiger partial charge in [-0.3, -0.25) is 25.0 Å². The van der Waals surface area contributed by atoms with Crippen LogP contribution in [0.1, 0.15) is 18.1 Å². The van der Waals surface area contributed by atoms with Crippen LogP contribution in [0, 0.1) is 10.1 Å². The third-order valence-corrected chi connectivity index (χ3v) is 6.04. The van der Waals surface area contributed by atoms with Gasteiger partial charge in [0.1, 0.15) is 5.57 Å². The molecule has 1 heterocycles. The summed E-state index contributed by atoms with van der Waals surface area (Å²) in [5.41, 5.74) is -2.04. The number of ether oxygens (including phenoxy) is 2. The molecule has 0 saturated carbocycles. The maximum absolute atomic E-state index is 13.1. The SMILES string of the molecule is CCOc1cc(/C=C2\C(=O)NC(=O)N(c3ccccc3)C2=O)cc(Br)c1Oc1ccc(C(F)(F)F)cc1[N+](=O)[O-]. The maximum Gasteiger partial charge on any atom is 0.416 e. The van der Waals surface area contributed by atoms with Gasteiger partial charge in [0, 0.05) is 6.07 Å². The maximum atomic E-state index is 13.1. The predicted octanol–water partition coefficient (Wildman–Crippen LogP) is 6.23. The van der Waals surface area contributed by atoms with Crippen molar-refractivity contribution in [2.45, 2.75) is 13.1 Å². The first kappa shape index (κ1) is 28.3. The van der Waals surface area contributed by atoms with Crippen LogP contribution in [0.15, 0.2) is 70.7 Å². The van der Waals surface area contributed by atoms with Crippen LogP contribution in [0.3, 0.4) is 0 Å². The molecule has 1 saturated heterocycles. The van der Waals surface area contributed by atoms with E-state index >= 15 is 0 Å². The number of amides is 4. The third kappa shape index (κ3) is 5.81. The molecule has 4 amide bonds. The number of hydrogen-bond donors (Lipinski definition) is 1. The topological polar surface area (TPSA) is 128 Å². The number of urea groups is 1. The van der Waals surface area contributed by atoms with Crippen LogP contribution >= 0.6 is 15.9 Å². The van der Waals surface area contributed by atoms with Crippen molar-refractivity contribution >= 4 is 51.2 Å². The van der Waals surface area contributed by atoms with Crippen molar-refractivity contribution in [2.75, 3.05) is 11.5 Å². The Morgan fingerprint density at radius 2 is 1.75 bits per heavy atom. The average Bonchev–Trinajstić information content (AvgIpc) is 2.88. The number of carbonyl (C=O) groups excluding carboxylic acids is 3. The summed E-state index contributed by atoms with van der Waals surface area (Å²) in [5.74, 6) is -2.40. The van der Waals surface area contributed by atoms with E-state index in [0.29, 0.717) is 12.1 Å². The molecule has 0 atom stereocenters. The van der Waals surface area contributed by atoms with Crippen molar-refractivity contribution in [3.05, 3.63) is 92.0 Å². The van der Waals surface area contributed by atoms with E-state index in [0.717, 1.165) is 11.0 Å². The predicted molar refractivity (Wildman–Crippen MR) is 139 cm³/mol. The number of nitro benzene ring substituents is 1. The van der Waals surface area contributed by atoms with Crippen molar-refractivity contribution in [2.24, 2.45) is 0 Å². The molecule has 14 heteroatoms. The van der Waals surface area contributed by atoms with Gasteiger partial charge in [-0.1, -0.05) is 18.2 Å². The van der Waals surface area contributed by atoms with E-state index in [1.807, 2.05) is 0 Å². The van der Waals surface area contributed by atoms with Gasteiger partial charge in [-0.05, 0) is 70.9 Å². The Morgan fingerprint density at radius 3 is 2.38 bits per heavy atom. The number of carbonyl (C=O) groups is 3. The number of para-hydroxylation sites is 1. The number of hydrogen-bond acceptors (Lipinski definition) is 7. The number of alkyl halides is 3. The standard InChI is InChI=1S/C26H17BrF3N3O7/c1-2-39-21-12-14(10-17-23(34)31-25(36)32(24(17)35)16-6-4-3-5-7-16)11-18(27)22(21)40-20-9-8-15(26(28,29)30)13-19(20)33(37)38/h3-13H,2H2,1H3,(H,31,34,36)/b17-10+. The molecule has 0 bridgehead atoms. The lowest BCUT2D eigenvalue weighted by Crippen LogP contribution is -2.54. The Morgan fingerprint density at radius 1 is 1.05 bits per heavy atom. The quantitative estimate of drug-likeness (QED) is 0.144. The highest BCUT2D eigenvalue weighted by Crippen LogP contribution is 2.44. The molecule has 1 N–H and O–H groups in total. The molecule has 40 heavy (non-hydrogen) atoms. The van der Waals surface area contributed by atoms with Gasteiger partial charge in [-0.15, -0.1) is 0 Å². The summed E-state index contributed by atoms with van der Waals surface area (Å²) in [4.78, 5) is 49.3. The summed E-state index contributed by atoms with van der Waals surface area (Å²) < 4.78 is 50.6. The molecule has 0 aromatic heterocycles. The molecule has 0 aliphatic carbocycles. The molecule has 1 aliphatic heterocycles. The number of rotatable bonds is 7. The van der Waals surface area contributed by atoms with E-state index in [1.54, 1.807) is 25.1 Å². The minimum atomic E-state index is -4.81. The van der Waals surface area contributed by atoms with Crippen molar-refractivity contribution < 1.29 is 42.0 Å². The summed E-state index contributed by atoms with van der Waals surface area (Å²) in [7, 11) is 0. The Balaban J connectivity index is 1.74. The van der Waals surface area contributed by atoms with Crippen LogP contribution in [0.4, 0.5) is 29.3 Å². The van der Waals surface area contributed by atoms with Gasteiger partial charge in [0.2, 0.25) is 5.75 Å². The number of halogens is 4. The molecule has 10 nitrogen and oxygen atoms in total. The second kappa shape index (κ2) is 11.2. The minimum Gasteiger partial charge on any atom is -0.490 e. The van der Waals surface area contributed by atoms with E-state index < -0.39 is 45.9 Å². The van der Waals surface area contributed by atoms with Gasteiger partial charge in [0.05, 0.1) is 27.3 Å². The Hall–Kier alpha value is -4.72. The number of benzene rings is 3. The van der Waals surface area contributed by atoms with Crippen molar-refractivity contribution in [1.29, 1.82) is 0 Å². The van der Waals surface area contributed by atoms with Gasteiger partial charge in [-0.25, -0.2) is 9.69 Å². The molecule has 206 valence electrons. The fraction of sp³-hybridized carbons (Fsp3) is 0.115. The van der Waals surface area contributed by atoms with Crippen LogP contribution in [-0.2, 0) is 15.8 Å². The van der Waals surface area contributed by atoms with Crippen molar-refractivity contribution in [3.8, 4) is 17.2 Å². The zero-order valence-corrected chi connectivity index (χ0v) is 21.9. The lowest BCUT2D eigenvalue weighted by molar-refractivity contribution is -0.385. The molecule has 0 unspecified atom stereocenters. The van der Waals surface area contributed by atoms with E-state index in [-0.39, 0.29) is 39.4 Å². The van der Waals surface area contributed by atoms with Crippen LogP contribution < -0.4 is 19.7 Å². The van der Waals surface area contributed by atoms with Crippen molar-refractivity contribution in [1.82, 2.24) is 5.32 Å². The van der Waals surface area contributed by atoms with Crippen LogP contribution in [-0.4, -0.2) is 29.4 Å². The highest BCUT2D eigenvalue weighted by molar-refractivity contribution is 9.10. The summed E-state index contributed by atoms with van der Waals surface area (Å²) in [6.45, 7) is 1.72. The normalized spacial score (nSPS) is 14.8. The summed E-state index contributed by atoms with van der Waals surface area (Å²) >= 11 is 3.25. The Labute approximate surface area is 232 Å². The third-order valence-electron chi connectivity index (χ3n) is 5.45. The van der Waals surface area contributed by atoms with E-state index in [4.69, 9.17) is 9.47 Å². The molecule has 0 spiro atoms. The monoisotopic (exact) mass is 619 g/mol. The molecular weight excluding hydrogens is 603 g/mol. The van der Waals surface area contributed by atoms with Crippen LogP contribution in [0.25, 0.3) is 6.08 Å². The lowest BCUT2D eigenvalue weighted by atomic mass is 10.1. The highest BCUT2D eigenvalue weighted by Gasteiger charge is 2.37. The minimum absolute atomic E-state index is 0.00224. The number of barbiturate groups is 1. The Bertz CT molecular complexity index is 1560. The van der Waals surface area contributed by atoms with E-state index in [9.17, 15) is 37.7 Å². The summed E-state index contributed by atoms with van der Waals surface area (Å²) in [6.07, 6.45) is -3.60.